The molecule has 20 heavy (non-hydrogen) atoms. The van der Waals surface area contributed by atoms with E-state index in [1.165, 1.54) is 11.8 Å². The van der Waals surface area contributed by atoms with Crippen molar-refractivity contribution in [3.05, 3.63) is 28.5 Å². The lowest BCUT2D eigenvalue weighted by molar-refractivity contribution is 0.362. The number of hydrogen-bond acceptors (Lipinski definition) is 7. The summed E-state index contributed by atoms with van der Waals surface area (Å²) in [5, 5.41) is 21.8. The molecule has 0 aliphatic carbocycles. The van der Waals surface area contributed by atoms with Gasteiger partial charge < -0.3 is 4.52 Å². The topological polar surface area (TPSA) is 88.5 Å². The molecule has 0 unspecified atom stereocenters. The van der Waals surface area contributed by atoms with E-state index in [-0.39, 0.29) is 5.92 Å². The fourth-order valence-electron chi connectivity index (χ4n) is 1.51. The molecule has 0 aliphatic rings. The lowest BCUT2D eigenvalue weighted by Crippen LogP contribution is -1.99. The van der Waals surface area contributed by atoms with E-state index < -0.39 is 0 Å². The minimum absolute atomic E-state index is 0.206. The van der Waals surface area contributed by atoms with Crippen molar-refractivity contribution in [2.75, 3.05) is 0 Å². The second kappa shape index (κ2) is 6.01. The van der Waals surface area contributed by atoms with Gasteiger partial charge in [0.15, 0.2) is 5.82 Å². The molecule has 2 aromatic rings. The minimum atomic E-state index is 0.206. The zero-order valence-corrected chi connectivity index (χ0v) is 12.7. The highest BCUT2D eigenvalue weighted by Crippen LogP contribution is 2.25. The van der Waals surface area contributed by atoms with Crippen LogP contribution >= 0.6 is 11.8 Å². The number of nitrogens with zero attached hydrogens (tertiary/aromatic N) is 5. The van der Waals surface area contributed by atoms with Crippen LogP contribution in [0.15, 0.2) is 9.55 Å². The fraction of sp³-hybridized carbons (Fsp3) is 0.462. The van der Waals surface area contributed by atoms with Crippen LogP contribution in [0.3, 0.4) is 0 Å². The number of rotatable bonds is 4. The first-order valence-corrected chi connectivity index (χ1v) is 7.20. The van der Waals surface area contributed by atoms with Crippen LogP contribution in [0.4, 0.5) is 0 Å². The van der Waals surface area contributed by atoms with Gasteiger partial charge in [0.1, 0.15) is 11.1 Å². The van der Waals surface area contributed by atoms with Gasteiger partial charge in [-0.15, -0.1) is 5.10 Å². The summed E-state index contributed by atoms with van der Waals surface area (Å²) in [6, 6.07) is 2.18. The third-order valence-electron chi connectivity index (χ3n) is 2.85. The zero-order valence-electron chi connectivity index (χ0n) is 11.8. The molecule has 2 aromatic heterocycles. The largest absolute Gasteiger partial charge is 0.339 e. The smallest absolute Gasteiger partial charge is 0.229 e. The molecule has 0 bridgehead atoms. The first kappa shape index (κ1) is 14.5. The van der Waals surface area contributed by atoms with Gasteiger partial charge in [0.25, 0.3) is 0 Å². The molecule has 0 spiro atoms. The van der Waals surface area contributed by atoms with Crippen molar-refractivity contribution in [2.45, 2.75) is 44.4 Å². The molecule has 0 amide bonds. The van der Waals surface area contributed by atoms with Gasteiger partial charge in [-0.05, 0) is 19.4 Å². The molecule has 7 heteroatoms. The van der Waals surface area contributed by atoms with Crippen LogP contribution in [0.2, 0.25) is 0 Å². The zero-order chi connectivity index (χ0) is 14.7. The third-order valence-corrected chi connectivity index (χ3v) is 3.81. The number of aryl methyl sites for hydroxylation is 1. The Kier molecular flexibility index (Phi) is 4.35. The summed E-state index contributed by atoms with van der Waals surface area (Å²) in [5.41, 5.74) is 2.20. The third kappa shape index (κ3) is 2.96. The number of hydrogen-bond donors (Lipinski definition) is 0. The van der Waals surface area contributed by atoms with Crippen LogP contribution < -0.4 is 0 Å². The Morgan fingerprint density at radius 1 is 1.30 bits per heavy atom. The highest BCUT2D eigenvalue weighted by atomic mass is 32.2. The van der Waals surface area contributed by atoms with E-state index >= 15 is 0 Å². The molecule has 0 fully saturated rings. The molecule has 0 saturated carbocycles. The Balaban J connectivity index is 2.15. The SMILES string of the molecule is Cc1nnc(SCc2noc(C(C)C)n2)c(C#N)c1C. The molecule has 0 radical (unpaired) electrons. The van der Waals surface area contributed by atoms with Gasteiger partial charge in [-0.25, -0.2) is 0 Å². The van der Waals surface area contributed by atoms with E-state index in [2.05, 4.69) is 26.4 Å². The highest BCUT2D eigenvalue weighted by molar-refractivity contribution is 7.98. The monoisotopic (exact) mass is 289 g/mol. The lowest BCUT2D eigenvalue weighted by Gasteiger charge is -2.05. The Bertz CT molecular complexity index is 659. The van der Waals surface area contributed by atoms with Crippen molar-refractivity contribution in [3.8, 4) is 6.07 Å². The summed E-state index contributed by atoms with van der Waals surface area (Å²) in [7, 11) is 0. The van der Waals surface area contributed by atoms with E-state index in [1.54, 1.807) is 0 Å². The van der Waals surface area contributed by atoms with Crippen LogP contribution in [-0.4, -0.2) is 20.3 Å². The highest BCUT2D eigenvalue weighted by Gasteiger charge is 2.14. The maximum absolute atomic E-state index is 9.22. The van der Waals surface area contributed by atoms with Gasteiger partial charge in [0.05, 0.1) is 17.0 Å². The van der Waals surface area contributed by atoms with Gasteiger partial charge in [0.2, 0.25) is 5.89 Å². The van der Waals surface area contributed by atoms with E-state index in [9.17, 15) is 5.26 Å². The molecule has 0 N–H and O–H groups in total. The van der Waals surface area contributed by atoms with Crippen molar-refractivity contribution < 1.29 is 4.52 Å². The molecule has 6 nitrogen and oxygen atoms in total. The molecule has 2 rings (SSSR count). The van der Waals surface area contributed by atoms with E-state index in [1.807, 2.05) is 27.7 Å². The Hall–Kier alpha value is -1.94. The van der Waals surface area contributed by atoms with E-state index in [0.29, 0.717) is 28.1 Å². The second-order valence-corrected chi connectivity index (χ2v) is 5.66. The predicted octanol–water partition coefficient (Wildman–Crippen LogP) is 2.76. The lowest BCUT2D eigenvalue weighted by atomic mass is 10.1. The second-order valence-electron chi connectivity index (χ2n) is 4.69. The van der Waals surface area contributed by atoms with E-state index in [4.69, 9.17) is 4.52 Å². The molecular weight excluding hydrogens is 274 g/mol. The first-order valence-electron chi connectivity index (χ1n) is 6.22. The molecule has 0 atom stereocenters. The predicted molar refractivity (Wildman–Crippen MR) is 74.2 cm³/mol. The summed E-state index contributed by atoms with van der Waals surface area (Å²) in [4.78, 5) is 4.29. The standard InChI is InChI=1S/C13H15N5OS/c1-7(2)12-15-11(18-19-12)6-20-13-10(5-14)8(3)9(4)16-17-13/h7H,6H2,1-4H3. The molecule has 0 aromatic carbocycles. The van der Waals surface area contributed by atoms with Crippen LogP contribution in [-0.2, 0) is 5.75 Å². The quantitative estimate of drug-likeness (QED) is 0.799. The minimum Gasteiger partial charge on any atom is -0.339 e. The van der Waals surface area contributed by atoms with Gasteiger partial charge in [-0.3, -0.25) is 0 Å². The molecular formula is C13H15N5OS. The van der Waals surface area contributed by atoms with Gasteiger partial charge in [-0.1, -0.05) is 30.8 Å². The Morgan fingerprint density at radius 3 is 2.65 bits per heavy atom. The normalized spacial score (nSPS) is 10.8. The number of thioether (sulfide) groups is 1. The maximum Gasteiger partial charge on any atom is 0.229 e. The molecule has 0 saturated heterocycles. The summed E-state index contributed by atoms with van der Waals surface area (Å²) in [6.45, 7) is 7.70. The summed E-state index contributed by atoms with van der Waals surface area (Å²) >= 11 is 1.39. The Labute approximate surface area is 121 Å². The number of nitriles is 1. The summed E-state index contributed by atoms with van der Waals surface area (Å²) in [5.74, 6) is 1.93. The van der Waals surface area contributed by atoms with E-state index in [0.717, 1.165) is 11.3 Å². The molecule has 104 valence electrons. The molecule has 0 aliphatic heterocycles. The van der Waals surface area contributed by atoms with Crippen molar-refractivity contribution in [2.24, 2.45) is 0 Å². The van der Waals surface area contributed by atoms with Crippen LogP contribution in [0.25, 0.3) is 0 Å². The van der Waals surface area contributed by atoms with Crippen molar-refractivity contribution in [1.82, 2.24) is 20.3 Å². The van der Waals surface area contributed by atoms with Crippen molar-refractivity contribution >= 4 is 11.8 Å². The first-order chi connectivity index (χ1) is 9.52. The van der Waals surface area contributed by atoms with Gasteiger partial charge in [-0.2, -0.15) is 15.3 Å². The average Bonchev–Trinajstić information content (AvgIpc) is 2.89. The van der Waals surface area contributed by atoms with Gasteiger partial charge in [0, 0.05) is 5.92 Å². The van der Waals surface area contributed by atoms with Crippen LogP contribution in [0.5, 0.6) is 0 Å². The Morgan fingerprint density at radius 2 is 2.05 bits per heavy atom. The van der Waals surface area contributed by atoms with Crippen molar-refractivity contribution in [3.63, 3.8) is 0 Å². The summed E-state index contributed by atoms with van der Waals surface area (Å²) in [6.07, 6.45) is 0. The van der Waals surface area contributed by atoms with Gasteiger partial charge >= 0.3 is 0 Å². The fourth-order valence-corrected chi connectivity index (χ4v) is 2.34. The van der Waals surface area contributed by atoms with Crippen molar-refractivity contribution in [1.29, 1.82) is 5.26 Å². The van der Waals surface area contributed by atoms with Crippen LogP contribution in [0, 0.1) is 25.2 Å². The summed E-state index contributed by atoms with van der Waals surface area (Å²) < 4.78 is 5.14. The number of aromatic nitrogens is 4. The molecule has 2 heterocycles. The van der Waals surface area contributed by atoms with Crippen LogP contribution in [0.1, 0.15) is 48.3 Å². The maximum atomic E-state index is 9.22. The average molecular weight is 289 g/mol.